The average molecular weight is 373 g/mol. The van der Waals surface area contributed by atoms with Gasteiger partial charge in [-0.25, -0.2) is 9.97 Å². The van der Waals surface area contributed by atoms with E-state index in [9.17, 15) is 4.79 Å². The third-order valence-corrected chi connectivity index (χ3v) is 4.67. The Morgan fingerprint density at radius 2 is 1.75 bits per heavy atom. The van der Waals surface area contributed by atoms with Crippen LogP contribution in [0.4, 0.5) is 11.6 Å². The molecule has 0 N–H and O–H groups in total. The Morgan fingerprint density at radius 3 is 2.43 bits per heavy atom. The van der Waals surface area contributed by atoms with Crippen molar-refractivity contribution in [2.45, 2.75) is 6.42 Å². The van der Waals surface area contributed by atoms with E-state index in [1.807, 2.05) is 36.2 Å². The van der Waals surface area contributed by atoms with Crippen LogP contribution in [-0.2, 0) is 4.79 Å². The predicted octanol–water partition coefficient (Wildman–Crippen LogP) is 2.75. The van der Waals surface area contributed by atoms with Gasteiger partial charge >= 0.3 is 0 Å². The molecular formula is C21H19N5O2. The van der Waals surface area contributed by atoms with Gasteiger partial charge in [0.25, 0.3) is 5.91 Å². The summed E-state index contributed by atoms with van der Waals surface area (Å²) in [5.74, 6) is 1.63. The maximum Gasteiger partial charge on any atom is 0.266 e. The van der Waals surface area contributed by atoms with Crippen LogP contribution in [0.1, 0.15) is 12.0 Å². The largest absolute Gasteiger partial charge is 0.484 e. The SMILES string of the molecule is CN1CCCN(C(=O)COc2ccc(C#N)cc2)c2nc3ccccc3nc21. The van der Waals surface area contributed by atoms with Crippen LogP contribution < -0.4 is 14.5 Å². The molecule has 0 spiro atoms. The number of hydrogen-bond acceptors (Lipinski definition) is 6. The van der Waals surface area contributed by atoms with Gasteiger partial charge in [-0.3, -0.25) is 9.69 Å². The summed E-state index contributed by atoms with van der Waals surface area (Å²) in [6.45, 7) is 1.24. The third-order valence-electron chi connectivity index (χ3n) is 4.67. The van der Waals surface area contributed by atoms with E-state index >= 15 is 0 Å². The molecule has 4 rings (SSSR count). The molecule has 1 amide bonds. The molecule has 7 heteroatoms. The standard InChI is InChI=1S/C21H19N5O2/c1-25-11-4-12-26(19(27)14-28-16-9-7-15(13-22)8-10-16)21-20(25)23-17-5-2-3-6-18(17)24-21/h2-3,5-10H,4,11-12,14H2,1H3. The molecule has 2 aromatic carbocycles. The molecule has 140 valence electrons. The maximum atomic E-state index is 12.9. The first kappa shape index (κ1) is 17.7. The summed E-state index contributed by atoms with van der Waals surface area (Å²) in [5, 5.41) is 8.86. The number of benzene rings is 2. The predicted molar refractivity (Wildman–Crippen MR) is 106 cm³/mol. The van der Waals surface area contributed by atoms with E-state index in [0.717, 1.165) is 24.0 Å². The number of rotatable bonds is 3. The summed E-state index contributed by atoms with van der Waals surface area (Å²) in [4.78, 5) is 26.0. The Bertz CT molecular complexity index is 1060. The minimum Gasteiger partial charge on any atom is -0.484 e. The number of amides is 1. The monoisotopic (exact) mass is 373 g/mol. The lowest BCUT2D eigenvalue weighted by molar-refractivity contribution is -0.120. The van der Waals surface area contributed by atoms with Gasteiger partial charge in [-0.05, 0) is 42.8 Å². The smallest absolute Gasteiger partial charge is 0.266 e. The Labute approximate surface area is 162 Å². The second kappa shape index (κ2) is 7.53. The minimum absolute atomic E-state index is 0.108. The summed E-state index contributed by atoms with van der Waals surface area (Å²) in [6, 6.07) is 16.4. The van der Waals surface area contributed by atoms with Crippen molar-refractivity contribution < 1.29 is 9.53 Å². The molecule has 2 heterocycles. The minimum atomic E-state index is -0.175. The molecule has 1 aliphatic heterocycles. The summed E-state index contributed by atoms with van der Waals surface area (Å²) >= 11 is 0. The molecule has 0 unspecified atom stereocenters. The first-order valence-corrected chi connectivity index (χ1v) is 9.07. The van der Waals surface area contributed by atoms with Gasteiger partial charge in [0.05, 0.1) is 22.7 Å². The zero-order chi connectivity index (χ0) is 19.5. The second-order valence-corrected chi connectivity index (χ2v) is 6.60. The molecule has 0 bridgehead atoms. The van der Waals surface area contributed by atoms with Crippen LogP contribution in [0.2, 0.25) is 0 Å². The highest BCUT2D eigenvalue weighted by molar-refractivity contribution is 5.97. The fraction of sp³-hybridized carbons (Fsp3) is 0.238. The number of hydrogen-bond donors (Lipinski definition) is 0. The van der Waals surface area contributed by atoms with Gasteiger partial charge in [-0.2, -0.15) is 5.26 Å². The van der Waals surface area contributed by atoms with Crippen LogP contribution >= 0.6 is 0 Å². The lowest BCUT2D eigenvalue weighted by Crippen LogP contribution is -2.36. The van der Waals surface area contributed by atoms with E-state index in [0.29, 0.717) is 29.5 Å². The number of aromatic nitrogens is 2. The van der Waals surface area contributed by atoms with E-state index in [2.05, 4.69) is 6.07 Å². The summed E-state index contributed by atoms with van der Waals surface area (Å²) in [5.41, 5.74) is 2.10. The molecule has 0 saturated heterocycles. The molecule has 3 aromatic rings. The summed E-state index contributed by atoms with van der Waals surface area (Å²) in [6.07, 6.45) is 0.813. The number of nitriles is 1. The Morgan fingerprint density at radius 1 is 1.07 bits per heavy atom. The van der Waals surface area contributed by atoms with Crippen molar-refractivity contribution in [3.63, 3.8) is 0 Å². The highest BCUT2D eigenvalue weighted by atomic mass is 16.5. The van der Waals surface area contributed by atoms with E-state index in [1.54, 1.807) is 29.2 Å². The maximum absolute atomic E-state index is 12.9. The van der Waals surface area contributed by atoms with Crippen molar-refractivity contribution >= 4 is 28.6 Å². The Hall–Kier alpha value is -3.66. The van der Waals surface area contributed by atoms with E-state index in [4.69, 9.17) is 20.0 Å². The number of fused-ring (bicyclic) bond motifs is 2. The molecule has 0 radical (unpaired) electrons. The van der Waals surface area contributed by atoms with Gasteiger partial charge in [0.15, 0.2) is 18.2 Å². The highest BCUT2D eigenvalue weighted by Crippen LogP contribution is 2.30. The Balaban J connectivity index is 1.60. The van der Waals surface area contributed by atoms with Crippen LogP contribution in [0.25, 0.3) is 11.0 Å². The lowest BCUT2D eigenvalue weighted by atomic mass is 10.2. The first-order chi connectivity index (χ1) is 13.7. The Kier molecular flexibility index (Phi) is 4.77. The van der Waals surface area contributed by atoms with E-state index < -0.39 is 0 Å². The number of carbonyl (C=O) groups excluding carboxylic acids is 1. The zero-order valence-corrected chi connectivity index (χ0v) is 15.5. The van der Waals surface area contributed by atoms with Crippen molar-refractivity contribution in [3.05, 3.63) is 54.1 Å². The lowest BCUT2D eigenvalue weighted by Gasteiger charge is -2.22. The molecule has 7 nitrogen and oxygen atoms in total. The molecule has 0 aliphatic carbocycles. The molecule has 1 aromatic heterocycles. The fourth-order valence-electron chi connectivity index (χ4n) is 3.19. The van der Waals surface area contributed by atoms with E-state index in [-0.39, 0.29) is 12.5 Å². The average Bonchev–Trinajstić information content (AvgIpc) is 2.89. The second-order valence-electron chi connectivity index (χ2n) is 6.60. The summed E-state index contributed by atoms with van der Waals surface area (Å²) in [7, 11) is 1.96. The topological polar surface area (TPSA) is 82.4 Å². The van der Waals surface area contributed by atoms with Crippen LogP contribution in [0.5, 0.6) is 5.75 Å². The van der Waals surface area contributed by atoms with Gasteiger partial charge in [0.2, 0.25) is 0 Å². The van der Waals surface area contributed by atoms with Gasteiger partial charge < -0.3 is 9.64 Å². The molecular weight excluding hydrogens is 354 g/mol. The van der Waals surface area contributed by atoms with Gasteiger partial charge in [-0.15, -0.1) is 0 Å². The van der Waals surface area contributed by atoms with Crippen LogP contribution in [0, 0.1) is 11.3 Å². The quantitative estimate of drug-likeness (QED) is 0.702. The number of ether oxygens (including phenoxy) is 1. The van der Waals surface area contributed by atoms with Crippen LogP contribution in [0.3, 0.4) is 0 Å². The zero-order valence-electron chi connectivity index (χ0n) is 15.5. The van der Waals surface area contributed by atoms with Crippen molar-refractivity contribution in [2.24, 2.45) is 0 Å². The molecule has 0 fully saturated rings. The van der Waals surface area contributed by atoms with Crippen molar-refractivity contribution in [1.82, 2.24) is 9.97 Å². The first-order valence-electron chi connectivity index (χ1n) is 9.07. The normalized spacial score (nSPS) is 13.6. The van der Waals surface area contributed by atoms with Gasteiger partial charge in [0, 0.05) is 20.1 Å². The third kappa shape index (κ3) is 3.45. The van der Waals surface area contributed by atoms with Crippen molar-refractivity contribution in [1.29, 1.82) is 5.26 Å². The molecule has 0 saturated carbocycles. The number of nitrogens with zero attached hydrogens (tertiary/aromatic N) is 5. The van der Waals surface area contributed by atoms with Crippen molar-refractivity contribution in [2.75, 3.05) is 36.5 Å². The molecule has 0 atom stereocenters. The summed E-state index contributed by atoms with van der Waals surface area (Å²) < 4.78 is 5.63. The number of anilines is 2. The molecule has 1 aliphatic rings. The van der Waals surface area contributed by atoms with Crippen molar-refractivity contribution in [3.8, 4) is 11.8 Å². The van der Waals surface area contributed by atoms with Gasteiger partial charge in [-0.1, -0.05) is 12.1 Å². The van der Waals surface area contributed by atoms with Crippen LogP contribution in [0.15, 0.2) is 48.5 Å². The highest BCUT2D eigenvalue weighted by Gasteiger charge is 2.27. The molecule has 28 heavy (non-hydrogen) atoms. The van der Waals surface area contributed by atoms with E-state index in [1.165, 1.54) is 0 Å². The number of para-hydroxylation sites is 2. The van der Waals surface area contributed by atoms with Gasteiger partial charge in [0.1, 0.15) is 5.75 Å². The fourth-order valence-corrected chi connectivity index (χ4v) is 3.19. The number of carbonyl (C=O) groups is 1. The van der Waals surface area contributed by atoms with Crippen LogP contribution in [-0.4, -0.2) is 42.6 Å².